The molecule has 3 heteroatoms. The van der Waals surface area contributed by atoms with Crippen molar-refractivity contribution < 1.29 is 9.84 Å². The number of hydrogen-bond acceptors (Lipinski definition) is 3. The average Bonchev–Trinajstić information content (AvgIpc) is 2.73. The van der Waals surface area contributed by atoms with E-state index in [1.165, 1.54) is 69.8 Å². The van der Waals surface area contributed by atoms with Gasteiger partial charge in [0.2, 0.25) is 0 Å². The Balaban J connectivity index is 0.972. The SMILES string of the molecule is OC(COCCC12CC3CC(CC(C3)C1)C2)CN1CCC(Cc2ccccc2)CC1. The van der Waals surface area contributed by atoms with E-state index in [1.807, 2.05) is 0 Å². The molecule has 1 atom stereocenters. The van der Waals surface area contributed by atoms with E-state index in [2.05, 4.69) is 35.2 Å². The lowest BCUT2D eigenvalue weighted by atomic mass is 9.49. The fourth-order valence-corrected chi connectivity index (χ4v) is 7.78. The molecule has 5 fully saturated rings. The van der Waals surface area contributed by atoms with Gasteiger partial charge in [0.1, 0.15) is 0 Å². The van der Waals surface area contributed by atoms with Gasteiger partial charge in [0.25, 0.3) is 0 Å². The second-order valence-corrected chi connectivity index (χ2v) is 11.3. The van der Waals surface area contributed by atoms with Crippen molar-refractivity contribution in [3.63, 3.8) is 0 Å². The van der Waals surface area contributed by atoms with Gasteiger partial charge in [-0.2, -0.15) is 0 Å². The Bertz CT molecular complexity index is 631. The number of nitrogens with zero attached hydrogens (tertiary/aromatic N) is 1. The van der Waals surface area contributed by atoms with Crippen LogP contribution in [0.2, 0.25) is 0 Å². The van der Waals surface area contributed by atoms with E-state index in [0.717, 1.165) is 49.9 Å². The molecule has 0 aromatic heterocycles. The largest absolute Gasteiger partial charge is 0.389 e. The normalized spacial score (nSPS) is 35.0. The summed E-state index contributed by atoms with van der Waals surface area (Å²) in [7, 11) is 0. The second kappa shape index (κ2) is 9.30. The molecule has 4 aliphatic carbocycles. The fraction of sp³-hybridized carbons (Fsp3) is 0.778. The molecule has 0 amide bonds. The van der Waals surface area contributed by atoms with Crippen molar-refractivity contribution >= 4 is 0 Å². The first kappa shape index (κ1) is 21.0. The van der Waals surface area contributed by atoms with E-state index in [0.29, 0.717) is 12.0 Å². The van der Waals surface area contributed by atoms with Gasteiger partial charge in [-0.3, -0.25) is 0 Å². The fourth-order valence-electron chi connectivity index (χ4n) is 7.78. The van der Waals surface area contributed by atoms with E-state index in [4.69, 9.17) is 4.74 Å². The zero-order valence-electron chi connectivity index (χ0n) is 18.7. The number of aliphatic hydroxyl groups excluding tert-OH is 1. The van der Waals surface area contributed by atoms with E-state index < -0.39 is 0 Å². The second-order valence-electron chi connectivity index (χ2n) is 11.3. The van der Waals surface area contributed by atoms with Crippen LogP contribution in [0.3, 0.4) is 0 Å². The van der Waals surface area contributed by atoms with E-state index in [1.54, 1.807) is 0 Å². The molecule has 1 aromatic carbocycles. The number of benzene rings is 1. The molecule has 1 unspecified atom stereocenters. The zero-order chi connectivity index (χ0) is 20.4. The molecule has 0 spiro atoms. The van der Waals surface area contributed by atoms with Crippen molar-refractivity contribution in [2.45, 2.75) is 70.3 Å². The van der Waals surface area contributed by atoms with Gasteiger partial charge in [-0.05, 0) is 112 Å². The molecule has 1 N–H and O–H groups in total. The van der Waals surface area contributed by atoms with Crippen molar-refractivity contribution in [3.8, 4) is 0 Å². The monoisotopic (exact) mass is 411 g/mol. The van der Waals surface area contributed by atoms with Gasteiger partial charge in [-0.1, -0.05) is 30.3 Å². The lowest BCUT2D eigenvalue weighted by Crippen LogP contribution is -2.46. The Morgan fingerprint density at radius 2 is 1.60 bits per heavy atom. The lowest BCUT2D eigenvalue weighted by molar-refractivity contribution is -0.0743. The Kier molecular flexibility index (Phi) is 6.50. The first-order chi connectivity index (χ1) is 14.7. The maximum absolute atomic E-state index is 10.5. The summed E-state index contributed by atoms with van der Waals surface area (Å²) in [5, 5.41) is 10.5. The lowest BCUT2D eigenvalue weighted by Gasteiger charge is -2.57. The average molecular weight is 412 g/mol. The number of β-amino-alcohol motifs (C(OH)–C–C–N with tert-alkyl or cyclic N) is 1. The van der Waals surface area contributed by atoms with Gasteiger partial charge in [-0.15, -0.1) is 0 Å². The van der Waals surface area contributed by atoms with Crippen LogP contribution in [0.4, 0.5) is 0 Å². The minimum absolute atomic E-state index is 0.341. The molecule has 1 saturated heterocycles. The Morgan fingerprint density at radius 3 is 2.23 bits per heavy atom. The van der Waals surface area contributed by atoms with Crippen molar-refractivity contribution in [3.05, 3.63) is 35.9 Å². The van der Waals surface area contributed by atoms with Crippen LogP contribution in [0.15, 0.2) is 30.3 Å². The summed E-state index contributed by atoms with van der Waals surface area (Å²) in [6.07, 6.45) is 13.5. The molecule has 0 radical (unpaired) electrons. The number of rotatable bonds is 9. The minimum Gasteiger partial charge on any atom is -0.389 e. The van der Waals surface area contributed by atoms with Crippen LogP contribution in [0, 0.1) is 29.1 Å². The van der Waals surface area contributed by atoms with E-state index in [9.17, 15) is 5.11 Å². The Labute approximate surface area is 183 Å². The minimum atomic E-state index is -0.341. The standard InChI is InChI=1S/C27H41NO2/c29-26(19-28-9-6-22(7-10-28)12-21-4-2-1-3-5-21)20-30-11-8-27-16-23-13-24(17-27)15-25(14-23)18-27/h1-5,22-26,29H,6-20H2. The van der Waals surface area contributed by atoms with Crippen molar-refractivity contribution in [1.29, 1.82) is 0 Å². The zero-order valence-corrected chi connectivity index (χ0v) is 18.7. The van der Waals surface area contributed by atoms with E-state index >= 15 is 0 Å². The highest BCUT2D eigenvalue weighted by atomic mass is 16.5. The highest BCUT2D eigenvalue weighted by Gasteiger charge is 2.50. The molecule has 6 rings (SSSR count). The topological polar surface area (TPSA) is 32.7 Å². The third kappa shape index (κ3) is 5.11. The highest BCUT2D eigenvalue weighted by Crippen LogP contribution is 2.61. The number of aliphatic hydroxyl groups is 1. The third-order valence-corrected chi connectivity index (χ3v) is 8.80. The summed E-state index contributed by atoms with van der Waals surface area (Å²) in [4.78, 5) is 2.44. The summed E-state index contributed by atoms with van der Waals surface area (Å²) in [5.41, 5.74) is 2.06. The summed E-state index contributed by atoms with van der Waals surface area (Å²) in [6, 6.07) is 10.9. The summed E-state index contributed by atoms with van der Waals surface area (Å²) >= 11 is 0. The maximum Gasteiger partial charge on any atom is 0.0900 e. The predicted octanol–water partition coefficient (Wildman–Crippen LogP) is 4.93. The van der Waals surface area contributed by atoms with Crippen LogP contribution < -0.4 is 0 Å². The smallest absolute Gasteiger partial charge is 0.0900 e. The quantitative estimate of drug-likeness (QED) is 0.585. The van der Waals surface area contributed by atoms with Gasteiger partial charge in [0.05, 0.1) is 12.7 Å². The van der Waals surface area contributed by atoms with Crippen LogP contribution in [0.1, 0.15) is 63.4 Å². The number of piperidine rings is 1. The number of ether oxygens (including phenoxy) is 1. The first-order valence-corrected chi connectivity index (χ1v) is 12.7. The molecule has 1 aliphatic heterocycles. The molecule has 30 heavy (non-hydrogen) atoms. The summed E-state index contributed by atoms with van der Waals surface area (Å²) in [5.74, 6) is 3.85. The van der Waals surface area contributed by atoms with Crippen molar-refractivity contribution in [2.24, 2.45) is 29.1 Å². The van der Waals surface area contributed by atoms with Crippen LogP contribution in [-0.2, 0) is 11.2 Å². The molecule has 3 nitrogen and oxygen atoms in total. The molecular formula is C27H41NO2. The van der Waals surface area contributed by atoms with Crippen LogP contribution >= 0.6 is 0 Å². The Morgan fingerprint density at radius 1 is 0.967 bits per heavy atom. The van der Waals surface area contributed by atoms with Gasteiger partial charge < -0.3 is 14.7 Å². The first-order valence-electron chi connectivity index (χ1n) is 12.7. The van der Waals surface area contributed by atoms with Crippen LogP contribution in [0.5, 0.6) is 0 Å². The Hall–Kier alpha value is -0.900. The molecule has 1 heterocycles. The number of hydrogen-bond donors (Lipinski definition) is 1. The maximum atomic E-state index is 10.5. The summed E-state index contributed by atoms with van der Waals surface area (Å²) in [6.45, 7) is 4.36. The van der Waals surface area contributed by atoms with Gasteiger partial charge in [-0.25, -0.2) is 0 Å². The van der Waals surface area contributed by atoms with Gasteiger partial charge >= 0.3 is 0 Å². The van der Waals surface area contributed by atoms with Gasteiger partial charge in [0.15, 0.2) is 0 Å². The molecule has 4 saturated carbocycles. The van der Waals surface area contributed by atoms with Crippen LogP contribution in [0.25, 0.3) is 0 Å². The molecule has 166 valence electrons. The molecule has 1 aromatic rings. The predicted molar refractivity (Wildman–Crippen MR) is 121 cm³/mol. The number of likely N-dealkylation sites (tertiary alicyclic amines) is 1. The molecular weight excluding hydrogens is 370 g/mol. The molecule has 4 bridgehead atoms. The van der Waals surface area contributed by atoms with Gasteiger partial charge in [0, 0.05) is 13.2 Å². The summed E-state index contributed by atoms with van der Waals surface area (Å²) < 4.78 is 6.00. The van der Waals surface area contributed by atoms with Crippen LogP contribution in [-0.4, -0.2) is 49.0 Å². The highest BCUT2D eigenvalue weighted by molar-refractivity contribution is 5.15. The third-order valence-electron chi connectivity index (χ3n) is 8.80. The van der Waals surface area contributed by atoms with Crippen molar-refractivity contribution in [2.75, 3.05) is 32.8 Å². The van der Waals surface area contributed by atoms with E-state index in [-0.39, 0.29) is 6.10 Å². The molecule has 5 aliphatic rings. The van der Waals surface area contributed by atoms with Crippen molar-refractivity contribution in [1.82, 2.24) is 4.90 Å².